The molecule has 0 aliphatic carbocycles. The van der Waals surface area contributed by atoms with Crippen LogP contribution in [0, 0.1) is 5.82 Å². The van der Waals surface area contributed by atoms with E-state index in [0.717, 1.165) is 5.56 Å². The quantitative estimate of drug-likeness (QED) is 0.502. The van der Waals surface area contributed by atoms with Gasteiger partial charge in [-0.2, -0.15) is 0 Å². The van der Waals surface area contributed by atoms with E-state index in [2.05, 4.69) is 5.43 Å². The van der Waals surface area contributed by atoms with Gasteiger partial charge in [-0.3, -0.25) is 10.2 Å². The Kier molecular flexibility index (Phi) is 4.10. The van der Waals surface area contributed by atoms with E-state index in [0.29, 0.717) is 11.3 Å². The summed E-state index contributed by atoms with van der Waals surface area (Å²) in [6.45, 7) is 0.289. The highest BCUT2D eigenvalue weighted by Crippen LogP contribution is 2.14. The molecule has 5 heteroatoms. The smallest absolute Gasteiger partial charge is 0.265 e. The van der Waals surface area contributed by atoms with E-state index in [1.54, 1.807) is 30.3 Å². The third-order valence-electron chi connectivity index (χ3n) is 2.54. The molecule has 19 heavy (non-hydrogen) atoms. The van der Waals surface area contributed by atoms with Crippen molar-refractivity contribution in [1.29, 1.82) is 0 Å². The molecule has 0 spiro atoms. The Hall–Kier alpha value is -2.40. The number of nitrogens with two attached hydrogens (primary N) is 1. The van der Waals surface area contributed by atoms with E-state index < -0.39 is 0 Å². The van der Waals surface area contributed by atoms with E-state index in [1.807, 2.05) is 6.07 Å². The number of amides is 1. The van der Waals surface area contributed by atoms with Crippen molar-refractivity contribution in [1.82, 2.24) is 5.43 Å². The van der Waals surface area contributed by atoms with Crippen molar-refractivity contribution in [2.75, 3.05) is 0 Å². The maximum Gasteiger partial charge on any atom is 0.265 e. The highest BCUT2D eigenvalue weighted by Gasteiger charge is 2.04. The van der Waals surface area contributed by atoms with E-state index in [1.165, 1.54) is 12.1 Å². The minimum Gasteiger partial charge on any atom is -0.489 e. The molecule has 0 heterocycles. The van der Waals surface area contributed by atoms with E-state index in [9.17, 15) is 9.18 Å². The molecule has 0 bridgehead atoms. The number of ether oxygens (including phenoxy) is 1. The van der Waals surface area contributed by atoms with Crippen LogP contribution in [0.3, 0.4) is 0 Å². The normalized spacial score (nSPS) is 10.0. The lowest BCUT2D eigenvalue weighted by Gasteiger charge is -2.07. The van der Waals surface area contributed by atoms with Crippen molar-refractivity contribution in [2.45, 2.75) is 6.61 Å². The second-order valence-corrected chi connectivity index (χ2v) is 3.92. The summed E-state index contributed by atoms with van der Waals surface area (Å²) in [6.07, 6.45) is 0. The molecule has 2 aromatic rings. The van der Waals surface area contributed by atoms with Crippen LogP contribution in [0.2, 0.25) is 0 Å². The third-order valence-corrected chi connectivity index (χ3v) is 2.54. The lowest BCUT2D eigenvalue weighted by molar-refractivity contribution is 0.0953. The summed E-state index contributed by atoms with van der Waals surface area (Å²) in [6, 6.07) is 12.7. The molecule has 0 saturated carbocycles. The van der Waals surface area contributed by atoms with Gasteiger partial charge in [0.1, 0.15) is 18.2 Å². The summed E-state index contributed by atoms with van der Waals surface area (Å²) in [7, 11) is 0. The molecule has 0 radical (unpaired) electrons. The average Bonchev–Trinajstić information content (AvgIpc) is 2.46. The van der Waals surface area contributed by atoms with Crippen LogP contribution in [-0.2, 0) is 6.61 Å². The van der Waals surface area contributed by atoms with Crippen molar-refractivity contribution >= 4 is 5.91 Å². The Balaban J connectivity index is 2.03. The first kappa shape index (κ1) is 13.0. The molecule has 2 aromatic carbocycles. The molecule has 0 aromatic heterocycles. The average molecular weight is 260 g/mol. The number of carbonyl (C=O) groups is 1. The highest BCUT2D eigenvalue weighted by atomic mass is 19.1. The Labute approximate surface area is 110 Å². The number of carbonyl (C=O) groups excluding carboxylic acids is 1. The van der Waals surface area contributed by atoms with Crippen LogP contribution in [0.1, 0.15) is 15.9 Å². The minimum absolute atomic E-state index is 0.289. The number of hydrogen-bond acceptors (Lipinski definition) is 3. The molecule has 0 aliphatic heterocycles. The fourth-order valence-corrected chi connectivity index (χ4v) is 1.58. The van der Waals surface area contributed by atoms with Crippen LogP contribution in [0.5, 0.6) is 5.75 Å². The van der Waals surface area contributed by atoms with Gasteiger partial charge >= 0.3 is 0 Å². The SMILES string of the molecule is NNC(=O)c1cccc(COc2ccc(F)cc2)c1. The first-order chi connectivity index (χ1) is 9.19. The zero-order chi connectivity index (χ0) is 13.7. The lowest BCUT2D eigenvalue weighted by Crippen LogP contribution is -2.30. The molecule has 3 N–H and O–H groups in total. The first-order valence-electron chi connectivity index (χ1n) is 5.67. The van der Waals surface area contributed by atoms with E-state index in [4.69, 9.17) is 10.6 Å². The van der Waals surface area contributed by atoms with Crippen LogP contribution in [-0.4, -0.2) is 5.91 Å². The number of benzene rings is 2. The van der Waals surface area contributed by atoms with Crippen LogP contribution in [0.15, 0.2) is 48.5 Å². The maximum absolute atomic E-state index is 12.7. The molecular formula is C14H13FN2O2. The standard InChI is InChI=1S/C14H13FN2O2/c15-12-4-6-13(7-5-12)19-9-10-2-1-3-11(8-10)14(18)17-16/h1-8H,9,16H2,(H,17,18). The van der Waals surface area contributed by atoms with Crippen molar-refractivity contribution in [3.63, 3.8) is 0 Å². The van der Waals surface area contributed by atoms with Crippen LogP contribution in [0.25, 0.3) is 0 Å². The van der Waals surface area contributed by atoms with Gasteiger partial charge in [-0.1, -0.05) is 12.1 Å². The Morgan fingerprint density at radius 3 is 2.63 bits per heavy atom. The zero-order valence-corrected chi connectivity index (χ0v) is 10.1. The van der Waals surface area contributed by atoms with Crippen LogP contribution in [0.4, 0.5) is 4.39 Å². The first-order valence-corrected chi connectivity index (χ1v) is 5.67. The molecule has 0 atom stereocenters. The third kappa shape index (κ3) is 3.53. The summed E-state index contributed by atoms with van der Waals surface area (Å²) in [4.78, 5) is 11.4. The topological polar surface area (TPSA) is 64.3 Å². The predicted molar refractivity (Wildman–Crippen MR) is 68.8 cm³/mol. The molecule has 4 nitrogen and oxygen atoms in total. The van der Waals surface area contributed by atoms with Crippen LogP contribution < -0.4 is 16.0 Å². The molecule has 0 unspecified atom stereocenters. The fraction of sp³-hybridized carbons (Fsp3) is 0.0714. The summed E-state index contributed by atoms with van der Waals surface area (Å²) in [5.74, 6) is 4.96. The molecule has 0 fully saturated rings. The second-order valence-electron chi connectivity index (χ2n) is 3.92. The van der Waals surface area contributed by atoms with E-state index in [-0.39, 0.29) is 18.3 Å². The van der Waals surface area contributed by atoms with Gasteiger partial charge in [0.05, 0.1) is 0 Å². The number of hydrogen-bond donors (Lipinski definition) is 2. The number of halogens is 1. The van der Waals surface area contributed by atoms with Gasteiger partial charge in [0.25, 0.3) is 5.91 Å². The Bertz CT molecular complexity index is 570. The molecular weight excluding hydrogens is 247 g/mol. The molecule has 98 valence electrons. The van der Waals surface area contributed by atoms with Crippen molar-refractivity contribution in [3.05, 3.63) is 65.5 Å². The number of nitrogens with one attached hydrogen (secondary N) is 1. The summed E-state index contributed by atoms with van der Waals surface area (Å²) in [5.41, 5.74) is 3.35. The zero-order valence-electron chi connectivity index (χ0n) is 10.1. The number of nitrogen functional groups attached to an aromatic ring is 1. The van der Waals surface area contributed by atoms with Gasteiger partial charge in [0, 0.05) is 5.56 Å². The second kappa shape index (κ2) is 5.97. The van der Waals surface area contributed by atoms with Gasteiger partial charge in [-0.15, -0.1) is 0 Å². The van der Waals surface area contributed by atoms with Gasteiger partial charge in [0.2, 0.25) is 0 Å². The van der Waals surface area contributed by atoms with Gasteiger partial charge in [-0.25, -0.2) is 10.2 Å². The van der Waals surface area contributed by atoms with Crippen molar-refractivity contribution in [3.8, 4) is 5.75 Å². The summed E-state index contributed by atoms with van der Waals surface area (Å²) < 4.78 is 18.2. The number of rotatable bonds is 4. The Morgan fingerprint density at radius 1 is 1.21 bits per heavy atom. The summed E-state index contributed by atoms with van der Waals surface area (Å²) >= 11 is 0. The molecule has 0 saturated heterocycles. The van der Waals surface area contributed by atoms with Crippen molar-refractivity contribution in [2.24, 2.45) is 5.84 Å². The van der Waals surface area contributed by atoms with Gasteiger partial charge in [0.15, 0.2) is 0 Å². The minimum atomic E-state index is -0.358. The molecule has 0 aliphatic rings. The van der Waals surface area contributed by atoms with E-state index >= 15 is 0 Å². The monoisotopic (exact) mass is 260 g/mol. The molecule has 2 rings (SSSR count). The van der Waals surface area contributed by atoms with Crippen LogP contribution >= 0.6 is 0 Å². The predicted octanol–water partition coefficient (Wildman–Crippen LogP) is 2.01. The molecule has 1 amide bonds. The Morgan fingerprint density at radius 2 is 1.95 bits per heavy atom. The lowest BCUT2D eigenvalue weighted by atomic mass is 10.1. The van der Waals surface area contributed by atoms with Crippen molar-refractivity contribution < 1.29 is 13.9 Å². The van der Waals surface area contributed by atoms with Gasteiger partial charge < -0.3 is 4.74 Å². The fourth-order valence-electron chi connectivity index (χ4n) is 1.58. The summed E-state index contributed by atoms with van der Waals surface area (Å²) in [5, 5.41) is 0. The maximum atomic E-state index is 12.7. The number of hydrazine groups is 1. The van der Waals surface area contributed by atoms with Gasteiger partial charge in [-0.05, 0) is 42.0 Å². The highest BCUT2D eigenvalue weighted by molar-refractivity contribution is 5.93. The largest absolute Gasteiger partial charge is 0.489 e.